The van der Waals surface area contributed by atoms with E-state index in [-0.39, 0.29) is 0 Å². The van der Waals surface area contributed by atoms with Crippen molar-refractivity contribution in [1.82, 2.24) is 19.3 Å². The molecule has 0 radical (unpaired) electrons. The van der Waals surface area contributed by atoms with Crippen LogP contribution in [0, 0.1) is 6.92 Å². The summed E-state index contributed by atoms with van der Waals surface area (Å²) >= 11 is 0. The second kappa shape index (κ2) is 3.10. The van der Waals surface area contributed by atoms with E-state index in [0.717, 1.165) is 17.8 Å². The molecule has 2 rings (SSSR count). The number of imidazole rings is 1. The Balaban J connectivity index is 2.68. The second-order valence-corrected chi connectivity index (χ2v) is 3.03. The Morgan fingerprint density at radius 1 is 1.50 bits per heavy atom. The number of rotatable bonds is 2. The van der Waals surface area contributed by atoms with Crippen molar-refractivity contribution in [1.29, 1.82) is 0 Å². The van der Waals surface area contributed by atoms with E-state index in [1.165, 1.54) is 0 Å². The van der Waals surface area contributed by atoms with Crippen molar-refractivity contribution in [3.8, 4) is 5.82 Å². The maximum absolute atomic E-state index is 10.9. The van der Waals surface area contributed by atoms with Gasteiger partial charge in [-0.05, 0) is 6.92 Å². The third kappa shape index (κ3) is 1.14. The minimum atomic E-state index is 0.602. The maximum atomic E-state index is 10.9. The van der Waals surface area contributed by atoms with Crippen molar-refractivity contribution in [2.45, 2.75) is 6.92 Å². The van der Waals surface area contributed by atoms with Gasteiger partial charge in [-0.25, -0.2) is 4.98 Å². The summed E-state index contributed by atoms with van der Waals surface area (Å²) in [7, 11) is 1.80. The van der Waals surface area contributed by atoms with Gasteiger partial charge >= 0.3 is 0 Å². The molecule has 0 saturated carbocycles. The summed E-state index contributed by atoms with van der Waals surface area (Å²) in [6, 6.07) is 0. The fourth-order valence-corrected chi connectivity index (χ4v) is 1.49. The van der Waals surface area contributed by atoms with E-state index < -0.39 is 0 Å². The molecule has 0 aliphatic rings. The number of aromatic nitrogens is 4. The van der Waals surface area contributed by atoms with Gasteiger partial charge in [0, 0.05) is 19.4 Å². The number of hydrogen-bond acceptors (Lipinski definition) is 3. The molecule has 5 nitrogen and oxygen atoms in total. The minimum absolute atomic E-state index is 0.602. The lowest BCUT2D eigenvalue weighted by Gasteiger charge is -2.02. The van der Waals surface area contributed by atoms with Crippen LogP contribution in [0.2, 0.25) is 0 Å². The lowest BCUT2D eigenvalue weighted by atomic mass is 10.2. The van der Waals surface area contributed by atoms with Crippen LogP contribution in [0.1, 0.15) is 16.1 Å². The van der Waals surface area contributed by atoms with Gasteiger partial charge in [-0.2, -0.15) is 5.10 Å². The molecule has 0 atom stereocenters. The van der Waals surface area contributed by atoms with Gasteiger partial charge in [-0.15, -0.1) is 0 Å². The Kier molecular flexibility index (Phi) is 1.92. The van der Waals surface area contributed by atoms with E-state index in [0.29, 0.717) is 5.56 Å². The van der Waals surface area contributed by atoms with Crippen LogP contribution in [0.5, 0.6) is 0 Å². The molecule has 0 bridgehead atoms. The zero-order valence-corrected chi connectivity index (χ0v) is 8.01. The SMILES string of the molecule is Cc1nn(C)c(-n2ccnc2)c1C=O. The van der Waals surface area contributed by atoms with Gasteiger partial charge in [0.15, 0.2) is 6.29 Å². The number of carbonyl (C=O) groups excluding carboxylic acids is 1. The summed E-state index contributed by atoms with van der Waals surface area (Å²) < 4.78 is 3.43. The molecular formula is C9H10N4O. The molecule has 0 fully saturated rings. The van der Waals surface area contributed by atoms with Crippen LogP contribution in [0.4, 0.5) is 0 Å². The summed E-state index contributed by atoms with van der Waals surface area (Å²) in [5, 5.41) is 4.17. The lowest BCUT2D eigenvalue weighted by molar-refractivity contribution is 0.112. The van der Waals surface area contributed by atoms with E-state index in [9.17, 15) is 4.79 Å². The van der Waals surface area contributed by atoms with Gasteiger partial charge in [-0.3, -0.25) is 14.0 Å². The highest BCUT2D eigenvalue weighted by molar-refractivity contribution is 5.81. The Morgan fingerprint density at radius 2 is 2.29 bits per heavy atom. The smallest absolute Gasteiger partial charge is 0.155 e. The lowest BCUT2D eigenvalue weighted by Crippen LogP contribution is -2.02. The van der Waals surface area contributed by atoms with E-state index in [1.54, 1.807) is 35.0 Å². The molecule has 0 aliphatic carbocycles. The van der Waals surface area contributed by atoms with Crippen LogP contribution in [-0.4, -0.2) is 25.6 Å². The monoisotopic (exact) mass is 190 g/mol. The third-order valence-corrected chi connectivity index (χ3v) is 2.10. The molecule has 0 spiro atoms. The van der Waals surface area contributed by atoms with Crippen molar-refractivity contribution >= 4 is 6.29 Å². The zero-order valence-electron chi connectivity index (χ0n) is 8.01. The predicted octanol–water partition coefficient (Wildman–Crippen LogP) is 0.727. The van der Waals surface area contributed by atoms with Crippen LogP contribution in [0.15, 0.2) is 18.7 Å². The molecule has 0 N–H and O–H groups in total. The number of nitrogens with zero attached hydrogens (tertiary/aromatic N) is 4. The van der Waals surface area contributed by atoms with Crippen molar-refractivity contribution in [3.05, 3.63) is 30.0 Å². The van der Waals surface area contributed by atoms with Crippen molar-refractivity contribution < 1.29 is 4.79 Å². The molecule has 2 aromatic rings. The Bertz CT molecular complexity index is 455. The Morgan fingerprint density at radius 3 is 2.86 bits per heavy atom. The highest BCUT2D eigenvalue weighted by Crippen LogP contribution is 2.14. The summed E-state index contributed by atoms with van der Waals surface area (Å²) in [5.74, 6) is 0.745. The average molecular weight is 190 g/mol. The average Bonchev–Trinajstić information content (AvgIpc) is 2.72. The van der Waals surface area contributed by atoms with Gasteiger partial charge < -0.3 is 0 Å². The fourth-order valence-electron chi connectivity index (χ4n) is 1.49. The van der Waals surface area contributed by atoms with Crippen molar-refractivity contribution in [3.63, 3.8) is 0 Å². The van der Waals surface area contributed by atoms with Gasteiger partial charge in [-0.1, -0.05) is 0 Å². The molecule has 0 aliphatic heterocycles. The first-order valence-electron chi connectivity index (χ1n) is 4.21. The standard InChI is InChI=1S/C9H10N4O/c1-7-8(5-14)9(12(2)11-7)13-4-3-10-6-13/h3-6H,1-2H3. The van der Waals surface area contributed by atoms with Crippen molar-refractivity contribution in [2.75, 3.05) is 0 Å². The van der Waals surface area contributed by atoms with Crippen LogP contribution in [0.3, 0.4) is 0 Å². The quantitative estimate of drug-likeness (QED) is 0.656. The largest absolute Gasteiger partial charge is 0.298 e. The maximum Gasteiger partial charge on any atom is 0.155 e. The van der Waals surface area contributed by atoms with Crippen LogP contribution in [0.25, 0.3) is 5.82 Å². The normalized spacial score (nSPS) is 10.4. The van der Waals surface area contributed by atoms with E-state index in [1.807, 2.05) is 6.92 Å². The van der Waals surface area contributed by atoms with Gasteiger partial charge in [0.1, 0.15) is 12.1 Å². The highest BCUT2D eigenvalue weighted by atomic mass is 16.1. The van der Waals surface area contributed by atoms with E-state index in [2.05, 4.69) is 10.1 Å². The summed E-state index contributed by atoms with van der Waals surface area (Å²) in [5.41, 5.74) is 1.33. The van der Waals surface area contributed by atoms with Gasteiger partial charge in [0.2, 0.25) is 0 Å². The van der Waals surface area contributed by atoms with Crippen LogP contribution < -0.4 is 0 Å². The molecule has 0 saturated heterocycles. The molecule has 2 heterocycles. The molecule has 14 heavy (non-hydrogen) atoms. The minimum Gasteiger partial charge on any atom is -0.298 e. The molecule has 72 valence electrons. The van der Waals surface area contributed by atoms with Crippen molar-refractivity contribution in [2.24, 2.45) is 7.05 Å². The molecule has 2 aromatic heterocycles. The second-order valence-electron chi connectivity index (χ2n) is 3.03. The summed E-state index contributed by atoms with van der Waals surface area (Å²) in [6.45, 7) is 1.81. The summed E-state index contributed by atoms with van der Waals surface area (Å²) in [4.78, 5) is 14.8. The van der Waals surface area contributed by atoms with Crippen LogP contribution in [-0.2, 0) is 7.05 Å². The van der Waals surface area contributed by atoms with Crippen LogP contribution >= 0.6 is 0 Å². The molecule has 0 unspecified atom stereocenters. The van der Waals surface area contributed by atoms with E-state index >= 15 is 0 Å². The Hall–Kier alpha value is -1.91. The first kappa shape index (κ1) is 8.68. The number of aryl methyl sites for hydroxylation is 2. The van der Waals surface area contributed by atoms with Gasteiger partial charge in [0.05, 0.1) is 11.3 Å². The molecule has 0 aromatic carbocycles. The number of carbonyl (C=O) groups is 1. The molecular weight excluding hydrogens is 180 g/mol. The summed E-state index contributed by atoms with van der Waals surface area (Å²) in [6.07, 6.45) is 5.90. The number of hydrogen-bond donors (Lipinski definition) is 0. The van der Waals surface area contributed by atoms with Gasteiger partial charge in [0.25, 0.3) is 0 Å². The Labute approximate surface area is 81.0 Å². The molecule has 0 amide bonds. The predicted molar refractivity (Wildman–Crippen MR) is 50.5 cm³/mol. The zero-order chi connectivity index (χ0) is 10.1. The third-order valence-electron chi connectivity index (χ3n) is 2.10. The fraction of sp³-hybridized carbons (Fsp3) is 0.222. The topological polar surface area (TPSA) is 52.7 Å². The molecule has 5 heteroatoms. The number of aldehydes is 1. The first-order chi connectivity index (χ1) is 6.74. The van der Waals surface area contributed by atoms with E-state index in [4.69, 9.17) is 0 Å². The highest BCUT2D eigenvalue weighted by Gasteiger charge is 2.13. The first-order valence-corrected chi connectivity index (χ1v) is 4.21.